The lowest BCUT2D eigenvalue weighted by atomic mass is 9.92. The molecule has 2 aromatic carbocycles. The van der Waals surface area contributed by atoms with Crippen LogP contribution in [-0.4, -0.2) is 12.1 Å². The Balaban J connectivity index is 1.82. The van der Waals surface area contributed by atoms with Crippen molar-refractivity contribution in [2.45, 2.75) is 18.8 Å². The highest BCUT2D eigenvalue weighted by Gasteiger charge is 2.27. The van der Waals surface area contributed by atoms with Crippen molar-refractivity contribution in [3.63, 3.8) is 0 Å². The lowest BCUT2D eigenvalue weighted by molar-refractivity contribution is 0.414. The van der Waals surface area contributed by atoms with Crippen LogP contribution in [0.25, 0.3) is 10.9 Å². The summed E-state index contributed by atoms with van der Waals surface area (Å²) in [5.41, 5.74) is 5.54. The zero-order chi connectivity index (χ0) is 13.5. The van der Waals surface area contributed by atoms with Gasteiger partial charge in [-0.15, -0.1) is 0 Å². The van der Waals surface area contributed by atoms with E-state index in [1.165, 1.54) is 34.1 Å². The van der Waals surface area contributed by atoms with Gasteiger partial charge >= 0.3 is 0 Å². The molecule has 1 N–H and O–H groups in total. The number of ether oxygens (including phenoxy) is 1. The van der Waals surface area contributed by atoms with Crippen LogP contribution in [0.5, 0.6) is 5.75 Å². The first-order chi connectivity index (χ1) is 9.86. The normalized spacial score (nSPS) is 17.4. The standard InChI is InChI=1S/C18H17NO/c1-20-13-8-6-12(7-9-13)14-10-11-17-18(14)15-4-2-3-5-16(15)19-17/h2-9,14,19H,10-11H2,1H3. The number of hydrogen-bond donors (Lipinski definition) is 1. The summed E-state index contributed by atoms with van der Waals surface area (Å²) in [6, 6.07) is 17.1. The van der Waals surface area contributed by atoms with Crippen LogP contribution in [0.3, 0.4) is 0 Å². The second-order valence-corrected chi connectivity index (χ2v) is 5.43. The molecule has 2 nitrogen and oxygen atoms in total. The van der Waals surface area contributed by atoms with Gasteiger partial charge in [-0.1, -0.05) is 30.3 Å². The molecule has 4 rings (SSSR count). The first-order valence-electron chi connectivity index (χ1n) is 7.10. The third-order valence-corrected chi connectivity index (χ3v) is 4.38. The van der Waals surface area contributed by atoms with Gasteiger partial charge in [0.2, 0.25) is 0 Å². The summed E-state index contributed by atoms with van der Waals surface area (Å²) >= 11 is 0. The second-order valence-electron chi connectivity index (χ2n) is 5.43. The van der Waals surface area contributed by atoms with Gasteiger partial charge in [0.25, 0.3) is 0 Å². The van der Waals surface area contributed by atoms with Crippen LogP contribution in [0, 0.1) is 0 Å². The highest BCUT2D eigenvalue weighted by Crippen LogP contribution is 2.42. The average molecular weight is 263 g/mol. The maximum absolute atomic E-state index is 5.25. The predicted molar refractivity (Wildman–Crippen MR) is 81.5 cm³/mol. The molecule has 0 bridgehead atoms. The lowest BCUT2D eigenvalue weighted by Crippen LogP contribution is -1.96. The van der Waals surface area contributed by atoms with Crippen LogP contribution >= 0.6 is 0 Å². The summed E-state index contributed by atoms with van der Waals surface area (Å²) in [4.78, 5) is 3.57. The molecular formula is C18H17NO. The minimum Gasteiger partial charge on any atom is -0.497 e. The van der Waals surface area contributed by atoms with Gasteiger partial charge in [0.1, 0.15) is 5.75 Å². The first kappa shape index (κ1) is 11.6. The number of para-hydroxylation sites is 1. The Labute approximate surface area is 118 Å². The number of fused-ring (bicyclic) bond motifs is 3. The Morgan fingerprint density at radius 2 is 1.85 bits per heavy atom. The smallest absolute Gasteiger partial charge is 0.118 e. The summed E-state index contributed by atoms with van der Waals surface area (Å²) in [5.74, 6) is 1.43. The molecule has 0 fully saturated rings. The number of hydrogen-bond acceptors (Lipinski definition) is 1. The number of aromatic amines is 1. The van der Waals surface area contributed by atoms with Gasteiger partial charge in [-0.3, -0.25) is 0 Å². The van der Waals surface area contributed by atoms with Gasteiger partial charge in [0.15, 0.2) is 0 Å². The van der Waals surface area contributed by atoms with Crippen molar-refractivity contribution < 1.29 is 4.74 Å². The van der Waals surface area contributed by atoms with Crippen LogP contribution in [0.1, 0.15) is 29.2 Å². The van der Waals surface area contributed by atoms with Gasteiger partial charge in [-0.05, 0) is 42.2 Å². The Kier molecular flexibility index (Phi) is 2.56. The third-order valence-electron chi connectivity index (χ3n) is 4.38. The predicted octanol–water partition coefficient (Wildman–Crippen LogP) is 4.25. The molecule has 1 aliphatic carbocycles. The van der Waals surface area contributed by atoms with Crippen LogP contribution in [-0.2, 0) is 6.42 Å². The minimum atomic E-state index is 0.507. The molecule has 0 spiro atoms. The zero-order valence-electron chi connectivity index (χ0n) is 11.5. The number of nitrogens with one attached hydrogen (secondary N) is 1. The molecule has 1 unspecified atom stereocenters. The number of methoxy groups -OCH3 is 1. The fourth-order valence-corrected chi connectivity index (χ4v) is 3.42. The number of rotatable bonds is 2. The number of benzene rings is 2. The van der Waals surface area contributed by atoms with Crippen molar-refractivity contribution >= 4 is 10.9 Å². The van der Waals surface area contributed by atoms with E-state index in [1.54, 1.807) is 7.11 Å². The molecule has 1 aliphatic rings. The highest BCUT2D eigenvalue weighted by molar-refractivity contribution is 5.86. The van der Waals surface area contributed by atoms with Crippen molar-refractivity contribution in [1.29, 1.82) is 0 Å². The maximum Gasteiger partial charge on any atom is 0.118 e. The van der Waals surface area contributed by atoms with Crippen molar-refractivity contribution in [3.05, 3.63) is 65.4 Å². The molecule has 0 saturated heterocycles. The maximum atomic E-state index is 5.25. The fraction of sp³-hybridized carbons (Fsp3) is 0.222. The van der Waals surface area contributed by atoms with Gasteiger partial charge < -0.3 is 9.72 Å². The first-order valence-corrected chi connectivity index (χ1v) is 7.10. The molecule has 20 heavy (non-hydrogen) atoms. The summed E-state index contributed by atoms with van der Waals surface area (Å²) in [6.07, 6.45) is 2.33. The quantitative estimate of drug-likeness (QED) is 0.734. The van der Waals surface area contributed by atoms with E-state index in [0.717, 1.165) is 12.2 Å². The van der Waals surface area contributed by atoms with E-state index < -0.39 is 0 Å². The van der Waals surface area contributed by atoms with Gasteiger partial charge in [0.05, 0.1) is 7.11 Å². The Morgan fingerprint density at radius 3 is 2.65 bits per heavy atom. The molecule has 1 aromatic heterocycles. The molecular weight excluding hydrogens is 246 g/mol. The molecule has 0 radical (unpaired) electrons. The Bertz CT molecular complexity index is 755. The lowest BCUT2D eigenvalue weighted by Gasteiger charge is -2.12. The Morgan fingerprint density at radius 1 is 1.05 bits per heavy atom. The molecule has 2 heteroatoms. The molecule has 0 saturated carbocycles. The van der Waals surface area contributed by atoms with Gasteiger partial charge in [-0.2, -0.15) is 0 Å². The van der Waals surface area contributed by atoms with E-state index in [4.69, 9.17) is 4.74 Å². The van der Waals surface area contributed by atoms with Crippen molar-refractivity contribution in [2.24, 2.45) is 0 Å². The van der Waals surface area contributed by atoms with Gasteiger partial charge in [-0.25, -0.2) is 0 Å². The second kappa shape index (κ2) is 4.41. The SMILES string of the molecule is COc1ccc(C2CCc3[nH]c4ccccc4c32)cc1. The summed E-state index contributed by atoms with van der Waals surface area (Å²) in [5, 5.41) is 1.38. The highest BCUT2D eigenvalue weighted by atomic mass is 16.5. The molecule has 3 aromatic rings. The van der Waals surface area contributed by atoms with Gasteiger partial charge in [0, 0.05) is 22.5 Å². The minimum absolute atomic E-state index is 0.507. The van der Waals surface area contributed by atoms with E-state index in [0.29, 0.717) is 5.92 Å². The number of aryl methyl sites for hydroxylation is 1. The van der Waals surface area contributed by atoms with E-state index in [-0.39, 0.29) is 0 Å². The topological polar surface area (TPSA) is 25.0 Å². The summed E-state index contributed by atoms with van der Waals surface area (Å²) in [7, 11) is 1.71. The van der Waals surface area contributed by atoms with Crippen LogP contribution in [0.2, 0.25) is 0 Å². The van der Waals surface area contributed by atoms with Crippen LogP contribution in [0.4, 0.5) is 0 Å². The van der Waals surface area contributed by atoms with Crippen molar-refractivity contribution in [1.82, 2.24) is 4.98 Å². The average Bonchev–Trinajstić information content (AvgIpc) is 3.06. The largest absolute Gasteiger partial charge is 0.497 e. The van der Waals surface area contributed by atoms with E-state index in [1.807, 2.05) is 0 Å². The van der Waals surface area contributed by atoms with Crippen LogP contribution < -0.4 is 4.74 Å². The van der Waals surface area contributed by atoms with Crippen LogP contribution in [0.15, 0.2) is 48.5 Å². The third kappa shape index (κ3) is 1.64. The van der Waals surface area contributed by atoms with Crippen molar-refractivity contribution in [2.75, 3.05) is 7.11 Å². The molecule has 100 valence electrons. The van der Waals surface area contributed by atoms with Crippen molar-refractivity contribution in [3.8, 4) is 5.75 Å². The monoisotopic (exact) mass is 263 g/mol. The van der Waals surface area contributed by atoms with E-state index >= 15 is 0 Å². The van der Waals surface area contributed by atoms with E-state index in [9.17, 15) is 0 Å². The number of aromatic nitrogens is 1. The fourth-order valence-electron chi connectivity index (χ4n) is 3.42. The molecule has 1 heterocycles. The summed E-state index contributed by atoms with van der Waals surface area (Å²) in [6.45, 7) is 0. The molecule has 0 amide bonds. The molecule has 0 aliphatic heterocycles. The number of H-pyrrole nitrogens is 1. The zero-order valence-corrected chi connectivity index (χ0v) is 11.5. The molecule has 1 atom stereocenters. The van der Waals surface area contributed by atoms with E-state index in [2.05, 4.69) is 53.5 Å². The Hall–Kier alpha value is -2.22. The summed E-state index contributed by atoms with van der Waals surface area (Å²) < 4.78 is 5.25.